The van der Waals surface area contributed by atoms with E-state index in [1.54, 1.807) is 12.1 Å². The Morgan fingerprint density at radius 3 is 2.52 bits per heavy atom. The molecule has 0 heterocycles. The molecule has 1 atom stereocenters. The number of phenolic OH excluding ortho intramolecular Hbond substituents is 1. The number of ether oxygens (including phenoxy) is 1. The fourth-order valence-electron chi connectivity index (χ4n) is 2.60. The second-order valence-corrected chi connectivity index (χ2v) is 6.29. The highest BCUT2D eigenvalue weighted by atomic mass is 19.4. The summed E-state index contributed by atoms with van der Waals surface area (Å²) < 4.78 is 56.8. The van der Waals surface area contributed by atoms with Crippen molar-refractivity contribution in [2.24, 2.45) is 5.92 Å². The fourth-order valence-corrected chi connectivity index (χ4v) is 2.60. The first-order valence-electron chi connectivity index (χ1n) is 8.52. The van der Waals surface area contributed by atoms with Gasteiger partial charge in [0.05, 0.1) is 18.4 Å². The summed E-state index contributed by atoms with van der Waals surface area (Å²) in [5, 5.41) is 23.7. The maximum Gasteiger partial charge on any atom is 0.416 e. The van der Waals surface area contributed by atoms with Crippen molar-refractivity contribution in [1.29, 1.82) is 0 Å². The molecule has 2 rings (SSSR count). The Bertz CT molecular complexity index is 859. The standard InChI is InChI=1S/C19H20F4N2O4/c1-29-17-5-2-11(7-16(17)27)6-12(10-26)9-24-18(28)25-15-8-13(19(21,22)23)3-4-14(15)20/h2-5,7-8,12,26-27H,6,9-10H2,1H3,(H2,24,25,28). The molecule has 10 heteroatoms. The molecule has 29 heavy (non-hydrogen) atoms. The second kappa shape index (κ2) is 9.46. The molecule has 4 N–H and O–H groups in total. The molecule has 2 aromatic carbocycles. The summed E-state index contributed by atoms with van der Waals surface area (Å²) in [4.78, 5) is 11.9. The van der Waals surface area contributed by atoms with Gasteiger partial charge in [-0.3, -0.25) is 0 Å². The van der Waals surface area contributed by atoms with Gasteiger partial charge in [-0.05, 0) is 42.3 Å². The Balaban J connectivity index is 1.96. The summed E-state index contributed by atoms with van der Waals surface area (Å²) in [6, 6.07) is 5.46. The average molecular weight is 416 g/mol. The highest BCUT2D eigenvalue weighted by Crippen LogP contribution is 2.32. The number of anilines is 1. The normalized spacial score (nSPS) is 12.3. The van der Waals surface area contributed by atoms with Gasteiger partial charge < -0.3 is 25.6 Å². The van der Waals surface area contributed by atoms with Gasteiger partial charge in [-0.1, -0.05) is 6.07 Å². The maximum absolute atomic E-state index is 13.7. The molecule has 6 nitrogen and oxygen atoms in total. The predicted octanol–water partition coefficient (Wildman–Crippen LogP) is 3.53. The molecule has 0 aliphatic heterocycles. The van der Waals surface area contributed by atoms with Crippen molar-refractivity contribution in [1.82, 2.24) is 5.32 Å². The quantitative estimate of drug-likeness (QED) is 0.520. The van der Waals surface area contributed by atoms with E-state index in [1.807, 2.05) is 5.32 Å². The number of methoxy groups -OCH3 is 1. The Hall–Kier alpha value is -3.01. The second-order valence-electron chi connectivity index (χ2n) is 6.29. The number of carbonyl (C=O) groups excluding carboxylic acids is 1. The van der Waals surface area contributed by atoms with Crippen LogP contribution >= 0.6 is 0 Å². The smallest absolute Gasteiger partial charge is 0.416 e. The lowest BCUT2D eigenvalue weighted by atomic mass is 9.99. The zero-order valence-corrected chi connectivity index (χ0v) is 15.4. The number of hydrogen-bond donors (Lipinski definition) is 4. The minimum absolute atomic E-state index is 0.0320. The number of hydrogen-bond acceptors (Lipinski definition) is 4. The largest absolute Gasteiger partial charge is 0.504 e. The molecule has 1 unspecified atom stereocenters. The van der Waals surface area contributed by atoms with Crippen LogP contribution in [0.3, 0.4) is 0 Å². The molecule has 0 saturated heterocycles. The minimum Gasteiger partial charge on any atom is -0.504 e. The van der Waals surface area contributed by atoms with Crippen molar-refractivity contribution in [3.8, 4) is 11.5 Å². The van der Waals surface area contributed by atoms with Crippen molar-refractivity contribution in [2.75, 3.05) is 25.6 Å². The number of halogens is 4. The number of benzene rings is 2. The van der Waals surface area contributed by atoms with E-state index in [0.717, 1.165) is 0 Å². The molecule has 0 saturated carbocycles. The molecule has 0 fully saturated rings. The monoisotopic (exact) mass is 416 g/mol. The Morgan fingerprint density at radius 1 is 1.21 bits per heavy atom. The zero-order valence-electron chi connectivity index (χ0n) is 15.4. The van der Waals surface area contributed by atoms with Crippen LogP contribution in [0.4, 0.5) is 28.0 Å². The third-order valence-electron chi connectivity index (χ3n) is 4.12. The first-order chi connectivity index (χ1) is 13.6. The van der Waals surface area contributed by atoms with E-state index in [-0.39, 0.29) is 24.7 Å². The van der Waals surface area contributed by atoms with Gasteiger partial charge >= 0.3 is 12.2 Å². The number of nitrogens with one attached hydrogen (secondary N) is 2. The predicted molar refractivity (Wildman–Crippen MR) is 97.4 cm³/mol. The van der Waals surface area contributed by atoms with Crippen molar-refractivity contribution in [3.05, 3.63) is 53.3 Å². The number of rotatable bonds is 7. The molecule has 0 aliphatic carbocycles. The van der Waals surface area contributed by atoms with Crippen LogP contribution in [-0.2, 0) is 12.6 Å². The van der Waals surface area contributed by atoms with Crippen LogP contribution in [0.1, 0.15) is 11.1 Å². The molecule has 0 aliphatic rings. The van der Waals surface area contributed by atoms with Gasteiger partial charge in [-0.2, -0.15) is 13.2 Å². The summed E-state index contributed by atoms with van der Waals surface area (Å²) >= 11 is 0. The van der Waals surface area contributed by atoms with E-state index in [4.69, 9.17) is 4.74 Å². The number of alkyl halides is 3. The number of urea groups is 1. The van der Waals surface area contributed by atoms with Crippen LogP contribution in [0.5, 0.6) is 11.5 Å². The van der Waals surface area contributed by atoms with E-state index in [9.17, 15) is 32.6 Å². The van der Waals surface area contributed by atoms with Crippen molar-refractivity contribution in [3.63, 3.8) is 0 Å². The number of phenols is 1. The van der Waals surface area contributed by atoms with Gasteiger partial charge in [0, 0.05) is 19.1 Å². The molecular formula is C19H20F4N2O4. The van der Waals surface area contributed by atoms with Crippen LogP contribution in [0.2, 0.25) is 0 Å². The van der Waals surface area contributed by atoms with E-state index in [2.05, 4.69) is 5.32 Å². The molecule has 0 bridgehead atoms. The molecule has 0 spiro atoms. The van der Waals surface area contributed by atoms with Gasteiger partial charge in [0.25, 0.3) is 0 Å². The van der Waals surface area contributed by atoms with Gasteiger partial charge in [-0.15, -0.1) is 0 Å². The highest BCUT2D eigenvalue weighted by molar-refractivity contribution is 5.89. The Morgan fingerprint density at radius 2 is 1.93 bits per heavy atom. The minimum atomic E-state index is -4.67. The van der Waals surface area contributed by atoms with Crippen LogP contribution in [-0.4, -0.2) is 36.5 Å². The topological polar surface area (TPSA) is 90.8 Å². The molecule has 2 aromatic rings. The summed E-state index contributed by atoms with van der Waals surface area (Å²) in [5.41, 5.74) is -1.03. The number of aliphatic hydroxyl groups is 1. The Labute approximate surface area is 164 Å². The van der Waals surface area contributed by atoms with E-state index >= 15 is 0 Å². The lowest BCUT2D eigenvalue weighted by Gasteiger charge is -2.17. The van der Waals surface area contributed by atoms with Gasteiger partial charge in [-0.25, -0.2) is 9.18 Å². The third kappa shape index (κ3) is 6.24. The SMILES string of the molecule is COc1ccc(CC(CO)CNC(=O)Nc2cc(C(F)(F)F)ccc2F)cc1O. The van der Waals surface area contributed by atoms with E-state index < -0.39 is 35.2 Å². The van der Waals surface area contributed by atoms with Gasteiger partial charge in [0.15, 0.2) is 11.5 Å². The van der Waals surface area contributed by atoms with Crippen LogP contribution in [0.15, 0.2) is 36.4 Å². The Kier molecular flexibility index (Phi) is 7.27. The van der Waals surface area contributed by atoms with Gasteiger partial charge in [0.1, 0.15) is 5.82 Å². The lowest BCUT2D eigenvalue weighted by Crippen LogP contribution is -2.35. The molecular weight excluding hydrogens is 396 g/mol. The average Bonchev–Trinajstić information content (AvgIpc) is 2.66. The molecule has 0 radical (unpaired) electrons. The van der Waals surface area contributed by atoms with Crippen molar-refractivity contribution >= 4 is 11.7 Å². The van der Waals surface area contributed by atoms with Crippen LogP contribution in [0, 0.1) is 11.7 Å². The first kappa shape index (κ1) is 22.3. The summed E-state index contributed by atoms with van der Waals surface area (Å²) in [6.45, 7) is -0.333. The van der Waals surface area contributed by atoms with Gasteiger partial charge in [0.2, 0.25) is 0 Å². The summed E-state index contributed by atoms with van der Waals surface area (Å²) in [6.07, 6.45) is -4.38. The van der Waals surface area contributed by atoms with E-state index in [1.165, 1.54) is 13.2 Å². The third-order valence-corrected chi connectivity index (χ3v) is 4.12. The zero-order chi connectivity index (χ0) is 21.6. The number of aromatic hydroxyl groups is 1. The number of carbonyl (C=O) groups is 1. The first-order valence-corrected chi connectivity index (χ1v) is 8.52. The molecule has 2 amide bonds. The summed E-state index contributed by atoms with van der Waals surface area (Å²) in [7, 11) is 1.40. The van der Waals surface area contributed by atoms with Crippen molar-refractivity contribution in [2.45, 2.75) is 12.6 Å². The molecule has 158 valence electrons. The summed E-state index contributed by atoms with van der Waals surface area (Å²) in [5.74, 6) is -1.25. The van der Waals surface area contributed by atoms with E-state index in [0.29, 0.717) is 30.2 Å². The highest BCUT2D eigenvalue weighted by Gasteiger charge is 2.31. The number of aliphatic hydroxyl groups excluding tert-OH is 1. The maximum atomic E-state index is 13.7. The van der Waals surface area contributed by atoms with Crippen LogP contribution in [0.25, 0.3) is 0 Å². The number of amides is 2. The lowest BCUT2D eigenvalue weighted by molar-refractivity contribution is -0.137. The molecule has 0 aromatic heterocycles. The van der Waals surface area contributed by atoms with Crippen LogP contribution < -0.4 is 15.4 Å². The van der Waals surface area contributed by atoms with Crippen molar-refractivity contribution < 1.29 is 37.3 Å². The fraction of sp³-hybridized carbons (Fsp3) is 0.316.